The van der Waals surface area contributed by atoms with Crippen molar-refractivity contribution in [1.29, 1.82) is 0 Å². The van der Waals surface area contributed by atoms with Gasteiger partial charge in [0, 0.05) is 25.2 Å². The van der Waals surface area contributed by atoms with Crippen LogP contribution in [0.3, 0.4) is 0 Å². The van der Waals surface area contributed by atoms with Crippen molar-refractivity contribution in [3.8, 4) is 0 Å². The summed E-state index contributed by atoms with van der Waals surface area (Å²) in [4.78, 5) is 12.1. The highest BCUT2D eigenvalue weighted by Gasteiger charge is 2.26. The third kappa shape index (κ3) is 2.52. The minimum Gasteiger partial charge on any atom is -0.315 e. The lowest BCUT2D eigenvalue weighted by Gasteiger charge is -2.32. The smallest absolute Gasteiger partial charge is 0.160 e. The van der Waals surface area contributed by atoms with Crippen molar-refractivity contribution in [2.24, 2.45) is 0 Å². The molecule has 0 aliphatic carbocycles. The summed E-state index contributed by atoms with van der Waals surface area (Å²) < 4.78 is 2.41. The van der Waals surface area contributed by atoms with Crippen LogP contribution < -0.4 is 5.32 Å². The number of imidazole rings is 1. The molecule has 2 fully saturated rings. The zero-order valence-corrected chi connectivity index (χ0v) is 13.3. The Hall–Kier alpha value is -1.46. The van der Waals surface area contributed by atoms with Gasteiger partial charge in [0.2, 0.25) is 0 Å². The maximum atomic E-state index is 4.93. The molecule has 2 atom stereocenters. The number of fused-ring (bicyclic) bond motifs is 1. The molecule has 2 aliphatic rings. The largest absolute Gasteiger partial charge is 0.315 e. The van der Waals surface area contributed by atoms with Crippen LogP contribution in [0.2, 0.25) is 0 Å². The Balaban J connectivity index is 1.70. The van der Waals surface area contributed by atoms with Gasteiger partial charge < -0.3 is 14.8 Å². The lowest BCUT2D eigenvalue weighted by molar-refractivity contribution is 0.181. The van der Waals surface area contributed by atoms with E-state index >= 15 is 0 Å². The zero-order chi connectivity index (χ0) is 14.9. The van der Waals surface area contributed by atoms with Crippen LogP contribution in [0.1, 0.15) is 37.5 Å². The molecule has 4 rings (SSSR count). The summed E-state index contributed by atoms with van der Waals surface area (Å²) in [7, 11) is 2.26. The van der Waals surface area contributed by atoms with Crippen molar-refractivity contribution in [2.45, 2.75) is 44.2 Å². The van der Waals surface area contributed by atoms with Gasteiger partial charge in [0.25, 0.3) is 0 Å². The molecule has 0 amide bonds. The molecule has 0 saturated carbocycles. The Morgan fingerprint density at radius 2 is 2.27 bits per heavy atom. The molecule has 2 aromatic rings. The average molecular weight is 299 g/mol. The van der Waals surface area contributed by atoms with Gasteiger partial charge in [0.05, 0.1) is 6.04 Å². The SMILES string of the molecule is CN1CCCCC1Cc1nc2cccnc2n1C1CCNC1. The van der Waals surface area contributed by atoms with Gasteiger partial charge in [-0.05, 0) is 51.5 Å². The summed E-state index contributed by atoms with van der Waals surface area (Å²) in [5.74, 6) is 1.22. The molecular formula is C17H25N5. The zero-order valence-electron chi connectivity index (χ0n) is 13.3. The molecule has 2 aromatic heterocycles. The second kappa shape index (κ2) is 5.97. The van der Waals surface area contributed by atoms with Crippen LogP contribution in [-0.2, 0) is 6.42 Å². The van der Waals surface area contributed by atoms with E-state index in [1.165, 1.54) is 38.1 Å². The second-order valence-electron chi connectivity index (χ2n) is 6.73. The first-order chi connectivity index (χ1) is 10.8. The number of likely N-dealkylation sites (tertiary alicyclic amines) is 1. The van der Waals surface area contributed by atoms with Gasteiger partial charge in [-0.15, -0.1) is 0 Å². The van der Waals surface area contributed by atoms with Crippen molar-refractivity contribution in [2.75, 3.05) is 26.7 Å². The van der Waals surface area contributed by atoms with Crippen LogP contribution in [0, 0.1) is 0 Å². The van der Waals surface area contributed by atoms with Crippen molar-refractivity contribution in [1.82, 2.24) is 24.8 Å². The number of aromatic nitrogens is 3. The van der Waals surface area contributed by atoms with Gasteiger partial charge in [-0.2, -0.15) is 0 Å². The van der Waals surface area contributed by atoms with Crippen molar-refractivity contribution in [3.05, 3.63) is 24.2 Å². The summed E-state index contributed by atoms with van der Waals surface area (Å²) >= 11 is 0. The number of pyridine rings is 1. The Bertz CT molecular complexity index is 644. The van der Waals surface area contributed by atoms with E-state index in [9.17, 15) is 0 Å². The predicted molar refractivity (Wildman–Crippen MR) is 88.0 cm³/mol. The van der Waals surface area contributed by atoms with Gasteiger partial charge >= 0.3 is 0 Å². The quantitative estimate of drug-likeness (QED) is 0.941. The van der Waals surface area contributed by atoms with E-state index in [0.717, 1.165) is 30.7 Å². The molecule has 5 heteroatoms. The van der Waals surface area contributed by atoms with Crippen LogP contribution >= 0.6 is 0 Å². The molecule has 4 heterocycles. The van der Waals surface area contributed by atoms with Gasteiger partial charge in [-0.3, -0.25) is 0 Å². The second-order valence-corrected chi connectivity index (χ2v) is 6.73. The van der Waals surface area contributed by atoms with Gasteiger partial charge in [-0.1, -0.05) is 6.42 Å². The molecule has 0 spiro atoms. The third-order valence-corrected chi connectivity index (χ3v) is 5.26. The normalized spacial score (nSPS) is 26.8. The molecule has 118 valence electrons. The Morgan fingerprint density at radius 3 is 3.09 bits per heavy atom. The topological polar surface area (TPSA) is 46.0 Å². The number of nitrogens with one attached hydrogen (secondary N) is 1. The van der Waals surface area contributed by atoms with E-state index in [-0.39, 0.29) is 0 Å². The summed E-state index contributed by atoms with van der Waals surface area (Å²) in [6.45, 7) is 3.35. The van der Waals surface area contributed by atoms with Crippen molar-refractivity contribution in [3.63, 3.8) is 0 Å². The standard InChI is InChI=1S/C17H25N5/c1-21-10-3-2-5-13(21)11-16-20-15-6-4-8-19-17(15)22(16)14-7-9-18-12-14/h4,6,8,13-14,18H,2-3,5,7,9-12H2,1H3. The van der Waals surface area contributed by atoms with Crippen LogP contribution in [-0.4, -0.2) is 52.2 Å². The number of likely N-dealkylation sites (N-methyl/N-ethyl adjacent to an activating group) is 1. The molecular weight excluding hydrogens is 274 g/mol. The fraction of sp³-hybridized carbons (Fsp3) is 0.647. The van der Waals surface area contributed by atoms with Gasteiger partial charge in [-0.25, -0.2) is 9.97 Å². The molecule has 0 bridgehead atoms. The van der Waals surface area contributed by atoms with E-state index in [2.05, 4.69) is 32.9 Å². The van der Waals surface area contributed by atoms with Gasteiger partial charge in [0.15, 0.2) is 5.65 Å². The molecule has 2 aliphatic heterocycles. The minimum absolute atomic E-state index is 0.504. The summed E-state index contributed by atoms with van der Waals surface area (Å²) in [6.07, 6.45) is 8.07. The van der Waals surface area contributed by atoms with E-state index in [1.54, 1.807) is 0 Å². The summed E-state index contributed by atoms with van der Waals surface area (Å²) in [5.41, 5.74) is 2.10. The molecule has 2 unspecified atom stereocenters. The van der Waals surface area contributed by atoms with E-state index in [4.69, 9.17) is 4.98 Å². The first kappa shape index (κ1) is 14.2. The molecule has 5 nitrogen and oxygen atoms in total. The Kier molecular flexibility index (Phi) is 3.84. The number of rotatable bonds is 3. The molecule has 2 saturated heterocycles. The number of hydrogen-bond donors (Lipinski definition) is 1. The van der Waals surface area contributed by atoms with Gasteiger partial charge in [0.1, 0.15) is 11.3 Å². The van der Waals surface area contributed by atoms with Crippen LogP contribution in [0.15, 0.2) is 18.3 Å². The molecule has 1 N–H and O–H groups in total. The Morgan fingerprint density at radius 1 is 1.32 bits per heavy atom. The summed E-state index contributed by atoms with van der Waals surface area (Å²) in [5, 5.41) is 3.48. The van der Waals surface area contributed by atoms with Crippen molar-refractivity contribution < 1.29 is 0 Å². The molecule has 0 radical (unpaired) electrons. The monoisotopic (exact) mass is 299 g/mol. The van der Waals surface area contributed by atoms with Crippen LogP contribution in [0.5, 0.6) is 0 Å². The number of hydrogen-bond acceptors (Lipinski definition) is 4. The van der Waals surface area contributed by atoms with E-state index < -0.39 is 0 Å². The molecule has 22 heavy (non-hydrogen) atoms. The first-order valence-corrected chi connectivity index (χ1v) is 8.56. The lowest BCUT2D eigenvalue weighted by atomic mass is 9.99. The maximum Gasteiger partial charge on any atom is 0.160 e. The number of piperidine rings is 1. The minimum atomic E-state index is 0.504. The lowest BCUT2D eigenvalue weighted by Crippen LogP contribution is -2.38. The highest BCUT2D eigenvalue weighted by molar-refractivity contribution is 5.71. The highest BCUT2D eigenvalue weighted by atomic mass is 15.2. The average Bonchev–Trinajstić information content (AvgIpc) is 3.16. The fourth-order valence-electron chi connectivity index (χ4n) is 3.98. The predicted octanol–water partition coefficient (Wildman–Crippen LogP) is 1.99. The summed E-state index contributed by atoms with van der Waals surface area (Å²) in [6, 6.07) is 5.21. The third-order valence-electron chi connectivity index (χ3n) is 5.26. The number of nitrogens with zero attached hydrogens (tertiary/aromatic N) is 4. The van der Waals surface area contributed by atoms with E-state index in [1.807, 2.05) is 12.3 Å². The Labute approximate surface area is 131 Å². The van der Waals surface area contributed by atoms with E-state index in [0.29, 0.717) is 12.1 Å². The van der Waals surface area contributed by atoms with Crippen LogP contribution in [0.25, 0.3) is 11.2 Å². The highest BCUT2D eigenvalue weighted by Crippen LogP contribution is 2.26. The molecule has 0 aromatic carbocycles. The first-order valence-electron chi connectivity index (χ1n) is 8.56. The fourth-order valence-corrected chi connectivity index (χ4v) is 3.98. The van der Waals surface area contributed by atoms with Crippen LogP contribution in [0.4, 0.5) is 0 Å². The van der Waals surface area contributed by atoms with Crippen molar-refractivity contribution >= 4 is 11.2 Å². The maximum absolute atomic E-state index is 4.93.